The molecule has 0 aromatic carbocycles. The Balaban J connectivity index is 1.84. The number of carbonyl (C=O) groups is 2. The highest BCUT2D eigenvalue weighted by Gasteiger charge is 2.26. The van der Waals surface area contributed by atoms with Crippen molar-refractivity contribution in [3.63, 3.8) is 0 Å². The molecule has 1 aromatic rings. The maximum atomic E-state index is 12.0. The number of anilines is 1. The van der Waals surface area contributed by atoms with Crippen LogP contribution in [0.25, 0.3) is 0 Å². The molecule has 116 valence electrons. The maximum Gasteiger partial charge on any atom is 0.319 e. The number of nitrogens with one attached hydrogen (secondary N) is 2. The first-order valence-electron chi connectivity index (χ1n) is 7.32. The van der Waals surface area contributed by atoms with E-state index in [1.54, 1.807) is 10.9 Å². The van der Waals surface area contributed by atoms with Crippen molar-refractivity contribution in [2.24, 2.45) is 13.0 Å². The number of aromatic nitrogens is 2. The molecule has 7 nitrogen and oxygen atoms in total. The standard InChI is InChI=1S/C14H22N4O3/c1-3-11-12(8-18(2)17-11)16-14(21)15-10-6-4-9(5-7-10)13(19)20/h8-10H,3-7H2,1-2H3,(H,19,20)(H2,15,16,21). The smallest absolute Gasteiger partial charge is 0.319 e. The number of nitrogens with zero attached hydrogens (tertiary/aromatic N) is 2. The van der Waals surface area contributed by atoms with Crippen LogP contribution in [0.2, 0.25) is 0 Å². The van der Waals surface area contributed by atoms with Crippen molar-refractivity contribution in [1.29, 1.82) is 0 Å². The van der Waals surface area contributed by atoms with Crippen LogP contribution < -0.4 is 10.6 Å². The van der Waals surface area contributed by atoms with Gasteiger partial charge in [0, 0.05) is 19.3 Å². The number of hydrogen-bond donors (Lipinski definition) is 3. The molecule has 2 amide bonds. The Morgan fingerprint density at radius 3 is 2.62 bits per heavy atom. The first-order valence-corrected chi connectivity index (χ1v) is 7.32. The average molecular weight is 294 g/mol. The molecule has 1 aliphatic carbocycles. The Bertz CT molecular complexity index is 518. The molecule has 0 aliphatic heterocycles. The van der Waals surface area contributed by atoms with Crippen molar-refractivity contribution in [2.45, 2.75) is 45.1 Å². The molecule has 3 N–H and O–H groups in total. The van der Waals surface area contributed by atoms with Gasteiger partial charge in [-0.2, -0.15) is 5.10 Å². The number of carboxylic acid groups (broad SMARTS) is 1. The van der Waals surface area contributed by atoms with Crippen LogP contribution in [0.5, 0.6) is 0 Å². The first-order chi connectivity index (χ1) is 9.99. The minimum atomic E-state index is -0.735. The molecule has 0 radical (unpaired) electrons. The number of aliphatic carboxylic acids is 1. The molecule has 0 spiro atoms. The number of rotatable bonds is 4. The summed E-state index contributed by atoms with van der Waals surface area (Å²) in [4.78, 5) is 22.9. The van der Waals surface area contributed by atoms with Crippen molar-refractivity contribution < 1.29 is 14.7 Å². The molecule has 21 heavy (non-hydrogen) atoms. The Morgan fingerprint density at radius 2 is 2.05 bits per heavy atom. The van der Waals surface area contributed by atoms with Crippen LogP contribution in [0.1, 0.15) is 38.3 Å². The first kappa shape index (κ1) is 15.3. The third-order valence-corrected chi connectivity index (χ3v) is 3.90. The highest BCUT2D eigenvalue weighted by atomic mass is 16.4. The molecule has 1 fully saturated rings. The number of amides is 2. The van der Waals surface area contributed by atoms with Crippen LogP contribution in [0.3, 0.4) is 0 Å². The SMILES string of the molecule is CCc1nn(C)cc1NC(=O)NC1CCC(C(=O)O)CC1. The van der Waals surface area contributed by atoms with Gasteiger partial charge in [0.15, 0.2) is 0 Å². The fourth-order valence-corrected chi connectivity index (χ4v) is 2.73. The van der Waals surface area contributed by atoms with Gasteiger partial charge in [-0.25, -0.2) is 4.79 Å². The van der Waals surface area contributed by atoms with Crippen LogP contribution in [0, 0.1) is 5.92 Å². The lowest BCUT2D eigenvalue weighted by Gasteiger charge is -2.26. The molecule has 2 rings (SSSR count). The Morgan fingerprint density at radius 1 is 1.38 bits per heavy atom. The van der Waals surface area contributed by atoms with Gasteiger partial charge < -0.3 is 15.7 Å². The van der Waals surface area contributed by atoms with Gasteiger partial charge in [-0.1, -0.05) is 6.92 Å². The van der Waals surface area contributed by atoms with Crippen LogP contribution in [0.4, 0.5) is 10.5 Å². The molecule has 0 atom stereocenters. The van der Waals surface area contributed by atoms with Gasteiger partial charge in [-0.15, -0.1) is 0 Å². The maximum absolute atomic E-state index is 12.0. The molecule has 0 saturated heterocycles. The van der Waals surface area contributed by atoms with Gasteiger partial charge >= 0.3 is 12.0 Å². The second kappa shape index (κ2) is 6.60. The lowest BCUT2D eigenvalue weighted by atomic mass is 9.86. The monoisotopic (exact) mass is 294 g/mol. The lowest BCUT2D eigenvalue weighted by Crippen LogP contribution is -2.41. The third-order valence-electron chi connectivity index (χ3n) is 3.90. The third kappa shape index (κ3) is 3.96. The van der Waals surface area contributed by atoms with E-state index in [0.29, 0.717) is 25.7 Å². The van der Waals surface area contributed by atoms with E-state index in [1.165, 1.54) is 0 Å². The molecule has 1 heterocycles. The highest BCUT2D eigenvalue weighted by molar-refractivity contribution is 5.89. The Hall–Kier alpha value is -2.05. The quantitative estimate of drug-likeness (QED) is 0.788. The predicted molar refractivity (Wildman–Crippen MR) is 78.1 cm³/mol. The summed E-state index contributed by atoms with van der Waals surface area (Å²) in [7, 11) is 1.81. The van der Waals surface area contributed by atoms with Crippen LogP contribution in [-0.2, 0) is 18.3 Å². The summed E-state index contributed by atoms with van der Waals surface area (Å²) < 4.78 is 1.67. The fraction of sp³-hybridized carbons (Fsp3) is 0.643. The largest absolute Gasteiger partial charge is 0.481 e. The van der Waals surface area contributed by atoms with E-state index in [0.717, 1.165) is 17.8 Å². The van der Waals surface area contributed by atoms with E-state index in [1.807, 2.05) is 14.0 Å². The highest BCUT2D eigenvalue weighted by Crippen LogP contribution is 2.24. The van der Waals surface area contributed by atoms with E-state index < -0.39 is 5.97 Å². The number of aryl methyl sites for hydroxylation is 2. The van der Waals surface area contributed by atoms with Gasteiger partial charge in [-0.3, -0.25) is 9.48 Å². The molecular formula is C14H22N4O3. The van der Waals surface area contributed by atoms with Gasteiger partial charge in [0.25, 0.3) is 0 Å². The topological polar surface area (TPSA) is 96.3 Å². The molecule has 1 saturated carbocycles. The van der Waals surface area contributed by atoms with Crippen molar-refractivity contribution in [3.05, 3.63) is 11.9 Å². The second-order valence-corrected chi connectivity index (χ2v) is 5.50. The van der Waals surface area contributed by atoms with Crippen LogP contribution >= 0.6 is 0 Å². The fourth-order valence-electron chi connectivity index (χ4n) is 2.73. The predicted octanol–water partition coefficient (Wildman–Crippen LogP) is 1.75. The summed E-state index contributed by atoms with van der Waals surface area (Å²) in [5.74, 6) is -1.00. The van der Waals surface area contributed by atoms with Gasteiger partial charge in [0.2, 0.25) is 0 Å². The molecule has 7 heteroatoms. The average Bonchev–Trinajstić information content (AvgIpc) is 2.79. The lowest BCUT2D eigenvalue weighted by molar-refractivity contribution is -0.142. The van der Waals surface area contributed by atoms with Gasteiger partial charge in [-0.05, 0) is 32.1 Å². The van der Waals surface area contributed by atoms with Crippen molar-refractivity contribution >= 4 is 17.7 Å². The summed E-state index contributed by atoms with van der Waals surface area (Å²) in [6.45, 7) is 1.98. The zero-order valence-corrected chi connectivity index (χ0v) is 12.4. The Labute approximate surface area is 123 Å². The van der Waals surface area contributed by atoms with E-state index in [-0.39, 0.29) is 18.0 Å². The summed E-state index contributed by atoms with van der Waals surface area (Å²) in [6.07, 6.45) is 5.18. The van der Waals surface area contributed by atoms with Gasteiger partial charge in [0.05, 0.1) is 17.3 Å². The summed E-state index contributed by atoms with van der Waals surface area (Å²) in [5, 5.41) is 18.9. The second-order valence-electron chi connectivity index (χ2n) is 5.50. The minimum absolute atomic E-state index is 0.0438. The summed E-state index contributed by atoms with van der Waals surface area (Å²) in [5.41, 5.74) is 1.57. The number of hydrogen-bond acceptors (Lipinski definition) is 3. The number of carboxylic acids is 1. The van der Waals surface area contributed by atoms with Crippen molar-refractivity contribution in [1.82, 2.24) is 15.1 Å². The molecule has 0 bridgehead atoms. The van der Waals surface area contributed by atoms with Crippen molar-refractivity contribution in [2.75, 3.05) is 5.32 Å². The molecular weight excluding hydrogens is 272 g/mol. The molecule has 1 aliphatic rings. The number of urea groups is 1. The number of carbonyl (C=O) groups excluding carboxylic acids is 1. The Kier molecular flexibility index (Phi) is 4.82. The van der Waals surface area contributed by atoms with Gasteiger partial charge in [0.1, 0.15) is 0 Å². The molecule has 0 unspecified atom stereocenters. The van der Waals surface area contributed by atoms with E-state index >= 15 is 0 Å². The van der Waals surface area contributed by atoms with E-state index in [2.05, 4.69) is 15.7 Å². The van der Waals surface area contributed by atoms with E-state index in [9.17, 15) is 9.59 Å². The molecule has 1 aromatic heterocycles. The van der Waals surface area contributed by atoms with Crippen LogP contribution in [0.15, 0.2) is 6.20 Å². The zero-order valence-electron chi connectivity index (χ0n) is 12.4. The minimum Gasteiger partial charge on any atom is -0.481 e. The zero-order chi connectivity index (χ0) is 15.4. The summed E-state index contributed by atoms with van der Waals surface area (Å²) in [6, 6.07) is -0.209. The van der Waals surface area contributed by atoms with E-state index in [4.69, 9.17) is 5.11 Å². The normalized spacial score (nSPS) is 21.8. The summed E-state index contributed by atoms with van der Waals surface area (Å²) >= 11 is 0. The van der Waals surface area contributed by atoms with Crippen LogP contribution in [-0.4, -0.2) is 32.9 Å². The van der Waals surface area contributed by atoms with Crippen molar-refractivity contribution in [3.8, 4) is 0 Å².